The van der Waals surface area contributed by atoms with Gasteiger partial charge in [0.15, 0.2) is 0 Å². The van der Waals surface area contributed by atoms with Crippen molar-refractivity contribution >= 4 is 34.1 Å². The monoisotopic (exact) mass is 414 g/mol. The summed E-state index contributed by atoms with van der Waals surface area (Å²) in [6, 6.07) is 14.3. The third-order valence-electron chi connectivity index (χ3n) is 5.69. The van der Waals surface area contributed by atoms with E-state index in [4.69, 9.17) is 0 Å². The molecule has 7 heteroatoms. The average Bonchev–Trinajstić information content (AvgIpc) is 3.13. The van der Waals surface area contributed by atoms with E-state index in [-0.39, 0.29) is 11.3 Å². The SMILES string of the molecule is Cc1[nH]c2ccccc2c1C(=O)/C(C#N)=C/c1ccc(N2CCCCC2)c([N+](=O)[O-])c1. The molecular formula is C24H22N4O3. The van der Waals surface area contributed by atoms with Crippen molar-refractivity contribution in [2.75, 3.05) is 18.0 Å². The molecule has 0 unspecified atom stereocenters. The van der Waals surface area contributed by atoms with Gasteiger partial charge in [0.2, 0.25) is 5.78 Å². The Labute approximate surface area is 179 Å². The second-order valence-electron chi connectivity index (χ2n) is 7.72. The third kappa shape index (κ3) is 3.92. The zero-order valence-corrected chi connectivity index (χ0v) is 17.2. The number of allylic oxidation sites excluding steroid dienone is 1. The number of aromatic nitrogens is 1. The molecule has 0 spiro atoms. The van der Waals surface area contributed by atoms with Crippen LogP contribution in [-0.4, -0.2) is 28.8 Å². The Bertz CT molecular complexity index is 1240. The van der Waals surface area contributed by atoms with Gasteiger partial charge in [-0.3, -0.25) is 14.9 Å². The summed E-state index contributed by atoms with van der Waals surface area (Å²) in [5, 5.41) is 22.1. The average molecular weight is 414 g/mol. The van der Waals surface area contributed by atoms with Gasteiger partial charge >= 0.3 is 0 Å². The summed E-state index contributed by atoms with van der Waals surface area (Å²) < 4.78 is 0. The van der Waals surface area contributed by atoms with Crippen molar-refractivity contribution in [2.24, 2.45) is 0 Å². The Hall–Kier alpha value is -3.92. The van der Waals surface area contributed by atoms with Crippen LogP contribution in [0.4, 0.5) is 11.4 Å². The molecule has 0 bridgehead atoms. The molecule has 0 radical (unpaired) electrons. The number of nitro benzene ring substituents is 1. The van der Waals surface area contributed by atoms with Crippen LogP contribution in [0, 0.1) is 28.4 Å². The van der Waals surface area contributed by atoms with Crippen molar-refractivity contribution in [3.8, 4) is 6.07 Å². The minimum Gasteiger partial charge on any atom is -0.366 e. The van der Waals surface area contributed by atoms with E-state index >= 15 is 0 Å². The molecule has 4 rings (SSSR count). The maximum atomic E-state index is 13.2. The first-order chi connectivity index (χ1) is 15.0. The van der Waals surface area contributed by atoms with Crippen molar-refractivity contribution in [1.29, 1.82) is 5.26 Å². The Morgan fingerprint density at radius 3 is 2.65 bits per heavy atom. The summed E-state index contributed by atoms with van der Waals surface area (Å²) in [5.74, 6) is -0.403. The zero-order chi connectivity index (χ0) is 22.0. The molecule has 0 amide bonds. The number of hydrogen-bond donors (Lipinski definition) is 1. The lowest BCUT2D eigenvalue weighted by atomic mass is 9.99. The van der Waals surface area contributed by atoms with Crippen LogP contribution in [0.3, 0.4) is 0 Å². The normalized spacial score (nSPS) is 14.5. The Morgan fingerprint density at radius 2 is 1.94 bits per heavy atom. The molecule has 2 heterocycles. The molecule has 1 N–H and O–H groups in total. The molecule has 0 aliphatic carbocycles. The lowest BCUT2D eigenvalue weighted by Gasteiger charge is -2.28. The quantitative estimate of drug-likeness (QED) is 0.204. The molecule has 3 aromatic rings. The molecule has 0 saturated carbocycles. The number of nitrogens with one attached hydrogen (secondary N) is 1. The number of fused-ring (bicyclic) bond motifs is 1. The summed E-state index contributed by atoms with van der Waals surface area (Å²) >= 11 is 0. The van der Waals surface area contributed by atoms with E-state index in [2.05, 4.69) is 4.98 Å². The van der Waals surface area contributed by atoms with Gasteiger partial charge in [0.05, 0.1) is 10.5 Å². The van der Waals surface area contributed by atoms with Crippen molar-refractivity contribution in [3.05, 3.63) is 75.0 Å². The number of nitriles is 1. The highest BCUT2D eigenvalue weighted by molar-refractivity contribution is 6.20. The smallest absolute Gasteiger partial charge is 0.293 e. The molecule has 1 aliphatic heterocycles. The van der Waals surface area contributed by atoms with Crippen LogP contribution in [0.1, 0.15) is 40.9 Å². The zero-order valence-electron chi connectivity index (χ0n) is 17.2. The summed E-state index contributed by atoms with van der Waals surface area (Å²) in [4.78, 5) is 29.7. The number of ketones is 1. The summed E-state index contributed by atoms with van der Waals surface area (Å²) in [7, 11) is 0. The third-order valence-corrected chi connectivity index (χ3v) is 5.69. The number of nitro groups is 1. The van der Waals surface area contributed by atoms with Gasteiger partial charge in [0, 0.05) is 35.8 Å². The van der Waals surface area contributed by atoms with Gasteiger partial charge in [-0.2, -0.15) is 5.26 Å². The second kappa shape index (κ2) is 8.44. The first-order valence-electron chi connectivity index (χ1n) is 10.3. The first-order valence-corrected chi connectivity index (χ1v) is 10.3. The molecular weight excluding hydrogens is 392 g/mol. The number of Topliss-reactive ketones (excluding diaryl/α,β-unsaturated/α-hetero) is 1. The first kappa shape index (κ1) is 20.4. The molecule has 31 heavy (non-hydrogen) atoms. The fourth-order valence-electron chi connectivity index (χ4n) is 4.20. The Balaban J connectivity index is 1.73. The second-order valence-corrected chi connectivity index (χ2v) is 7.72. The van der Waals surface area contributed by atoms with E-state index in [0.29, 0.717) is 22.5 Å². The van der Waals surface area contributed by atoms with Crippen LogP contribution in [0.2, 0.25) is 0 Å². The molecule has 1 aromatic heterocycles. The lowest BCUT2D eigenvalue weighted by Crippen LogP contribution is -2.29. The largest absolute Gasteiger partial charge is 0.366 e. The van der Waals surface area contributed by atoms with Crippen molar-refractivity contribution in [2.45, 2.75) is 26.2 Å². The summed E-state index contributed by atoms with van der Waals surface area (Å²) in [6.45, 7) is 3.37. The van der Waals surface area contributed by atoms with Gasteiger partial charge in [0.1, 0.15) is 17.3 Å². The highest BCUT2D eigenvalue weighted by atomic mass is 16.6. The van der Waals surface area contributed by atoms with Gasteiger partial charge in [-0.1, -0.05) is 24.3 Å². The number of carbonyl (C=O) groups is 1. The minimum atomic E-state index is -0.404. The number of carbonyl (C=O) groups excluding carboxylic acids is 1. The van der Waals surface area contributed by atoms with E-state index in [1.807, 2.05) is 35.2 Å². The van der Waals surface area contributed by atoms with E-state index in [1.165, 1.54) is 12.1 Å². The number of rotatable bonds is 5. The molecule has 2 aromatic carbocycles. The predicted octanol–water partition coefficient (Wildman–Crippen LogP) is 5.16. The van der Waals surface area contributed by atoms with Crippen LogP contribution < -0.4 is 4.90 Å². The van der Waals surface area contributed by atoms with Crippen LogP contribution in [0.15, 0.2) is 48.0 Å². The minimum absolute atomic E-state index is 0.0105. The molecule has 156 valence electrons. The number of hydrogen-bond acceptors (Lipinski definition) is 5. The van der Waals surface area contributed by atoms with Gasteiger partial charge < -0.3 is 9.88 Å². The highest BCUT2D eigenvalue weighted by Gasteiger charge is 2.23. The summed E-state index contributed by atoms with van der Waals surface area (Å²) in [6.07, 6.45) is 4.58. The fraction of sp³-hybridized carbons (Fsp3) is 0.250. The number of H-pyrrole nitrogens is 1. The van der Waals surface area contributed by atoms with Crippen molar-refractivity contribution in [3.63, 3.8) is 0 Å². The highest BCUT2D eigenvalue weighted by Crippen LogP contribution is 2.32. The molecule has 0 atom stereocenters. The molecule has 1 fully saturated rings. The van der Waals surface area contributed by atoms with Gasteiger partial charge in [-0.25, -0.2) is 0 Å². The van der Waals surface area contributed by atoms with Gasteiger partial charge in [-0.05, 0) is 50.0 Å². The maximum Gasteiger partial charge on any atom is 0.293 e. The molecule has 1 aliphatic rings. The predicted molar refractivity (Wildman–Crippen MR) is 120 cm³/mol. The molecule has 1 saturated heterocycles. The van der Waals surface area contributed by atoms with Crippen LogP contribution in [0.25, 0.3) is 17.0 Å². The summed E-state index contributed by atoms with van der Waals surface area (Å²) in [5.41, 5.74) is 2.91. The number of piperidine rings is 1. The number of anilines is 1. The van der Waals surface area contributed by atoms with Crippen molar-refractivity contribution < 1.29 is 9.72 Å². The number of aromatic amines is 1. The van der Waals surface area contributed by atoms with E-state index in [9.17, 15) is 20.2 Å². The maximum absolute atomic E-state index is 13.2. The van der Waals surface area contributed by atoms with Crippen LogP contribution in [-0.2, 0) is 0 Å². The number of benzene rings is 2. The fourth-order valence-corrected chi connectivity index (χ4v) is 4.20. The van der Waals surface area contributed by atoms with Crippen LogP contribution in [0.5, 0.6) is 0 Å². The Kier molecular flexibility index (Phi) is 5.54. The lowest BCUT2D eigenvalue weighted by molar-refractivity contribution is -0.384. The standard InChI is InChI=1S/C24H22N4O3/c1-16-23(19-7-3-4-8-20(19)26-16)24(29)18(15-25)13-17-9-10-21(22(14-17)28(30)31)27-11-5-2-6-12-27/h3-4,7-10,13-14,26H,2,5-6,11-12H2,1H3/b18-13+. The van der Waals surface area contributed by atoms with E-state index in [0.717, 1.165) is 43.3 Å². The topological polar surface area (TPSA) is 103 Å². The van der Waals surface area contributed by atoms with E-state index in [1.54, 1.807) is 19.1 Å². The number of para-hydroxylation sites is 1. The Morgan fingerprint density at radius 1 is 1.19 bits per heavy atom. The van der Waals surface area contributed by atoms with Gasteiger partial charge in [-0.15, -0.1) is 0 Å². The van der Waals surface area contributed by atoms with E-state index < -0.39 is 10.7 Å². The van der Waals surface area contributed by atoms with Crippen LogP contribution >= 0.6 is 0 Å². The number of aryl methyl sites for hydroxylation is 1. The van der Waals surface area contributed by atoms with Crippen molar-refractivity contribution in [1.82, 2.24) is 4.98 Å². The van der Waals surface area contributed by atoms with Gasteiger partial charge in [0.25, 0.3) is 5.69 Å². The molecule has 7 nitrogen and oxygen atoms in total. The number of nitrogens with zero attached hydrogens (tertiary/aromatic N) is 3.